The number of benzene rings is 1. The smallest absolute Gasteiger partial charge is 0.346 e. The molecule has 5 N–H and O–H groups in total. The van der Waals surface area contributed by atoms with E-state index in [-0.39, 0.29) is 0 Å². The predicted octanol–water partition coefficient (Wildman–Crippen LogP) is 0.375. The molecule has 5 atom stereocenters. The first-order valence-electron chi connectivity index (χ1n) is 9.46. The van der Waals surface area contributed by atoms with Gasteiger partial charge in [-0.2, -0.15) is 0 Å². The van der Waals surface area contributed by atoms with E-state index in [1.165, 1.54) is 0 Å². The first kappa shape index (κ1) is 20.5. The number of aliphatic hydroxyl groups excluding tert-OH is 4. The molecule has 0 radical (unpaired) electrons. The lowest BCUT2D eigenvalue weighted by Gasteiger charge is -2.40. The molecule has 2 unspecified atom stereocenters. The first-order chi connectivity index (χ1) is 14.4. The number of hydrogen-bond acceptors (Lipinski definition) is 9. The molecule has 3 aromatic rings. The maximum atomic E-state index is 12.6. The van der Waals surface area contributed by atoms with Gasteiger partial charge in [-0.05, 0) is 36.8 Å². The van der Waals surface area contributed by atoms with Crippen LogP contribution in [0.3, 0.4) is 0 Å². The zero-order chi connectivity index (χ0) is 21.4. The highest BCUT2D eigenvalue weighted by Gasteiger charge is 2.43. The highest BCUT2D eigenvalue weighted by Crippen LogP contribution is 2.29. The molecule has 3 heterocycles. The van der Waals surface area contributed by atoms with Crippen LogP contribution >= 0.6 is 0 Å². The minimum atomic E-state index is -1.46. The number of ether oxygens (including phenoxy) is 1. The van der Waals surface area contributed by atoms with Gasteiger partial charge in [-0.15, -0.1) is 0 Å². The van der Waals surface area contributed by atoms with Gasteiger partial charge in [-0.25, -0.2) is 4.79 Å². The van der Waals surface area contributed by atoms with Crippen LogP contribution in [-0.2, 0) is 4.74 Å². The molecule has 9 heteroatoms. The summed E-state index contributed by atoms with van der Waals surface area (Å²) >= 11 is 0. The zero-order valence-electron chi connectivity index (χ0n) is 16.1. The van der Waals surface area contributed by atoms with E-state index in [1.807, 2.05) is 6.92 Å². The summed E-state index contributed by atoms with van der Waals surface area (Å²) in [6.45, 7) is 1.27. The molecule has 2 aromatic heterocycles. The number of fused-ring (bicyclic) bond motifs is 1. The fourth-order valence-electron chi connectivity index (χ4n) is 3.70. The van der Waals surface area contributed by atoms with E-state index in [1.54, 1.807) is 42.6 Å². The molecule has 1 aliphatic rings. The Hall–Kier alpha value is -2.82. The van der Waals surface area contributed by atoms with Gasteiger partial charge >= 0.3 is 5.63 Å². The molecule has 4 rings (SSSR count). The molecule has 158 valence electrons. The Bertz CT molecular complexity index is 1100. The SMILES string of the molecule is Cc1c(-c2ccccn2)c(=O)oc2cc(NC3[C@H](O)OC(CO)[C@@H](O)[C@@H]3O)ccc12. The second-order valence-corrected chi connectivity index (χ2v) is 7.21. The Balaban J connectivity index is 1.67. The van der Waals surface area contributed by atoms with Gasteiger partial charge in [0.05, 0.1) is 17.9 Å². The van der Waals surface area contributed by atoms with Crippen molar-refractivity contribution in [3.63, 3.8) is 0 Å². The number of nitrogens with zero attached hydrogens (tertiary/aromatic N) is 1. The Morgan fingerprint density at radius 2 is 1.93 bits per heavy atom. The molecule has 0 amide bonds. The lowest BCUT2D eigenvalue weighted by atomic mass is 9.96. The van der Waals surface area contributed by atoms with Gasteiger partial charge in [0.2, 0.25) is 0 Å². The van der Waals surface area contributed by atoms with E-state index < -0.39 is 42.9 Å². The van der Waals surface area contributed by atoms with Crippen molar-refractivity contribution in [2.45, 2.75) is 37.6 Å². The van der Waals surface area contributed by atoms with Crippen LogP contribution in [0.1, 0.15) is 5.56 Å². The monoisotopic (exact) mass is 414 g/mol. The number of aryl methyl sites for hydroxylation is 1. The quantitative estimate of drug-likeness (QED) is 0.382. The Morgan fingerprint density at radius 3 is 2.63 bits per heavy atom. The first-order valence-corrected chi connectivity index (χ1v) is 9.46. The van der Waals surface area contributed by atoms with Crippen molar-refractivity contribution in [3.05, 3.63) is 58.6 Å². The summed E-state index contributed by atoms with van der Waals surface area (Å²) in [6.07, 6.45) is -3.71. The third-order valence-electron chi connectivity index (χ3n) is 5.32. The Kier molecular flexibility index (Phi) is 5.54. The number of aliphatic hydroxyl groups is 4. The van der Waals surface area contributed by atoms with Crippen LogP contribution in [0.4, 0.5) is 5.69 Å². The van der Waals surface area contributed by atoms with Crippen molar-refractivity contribution in [1.29, 1.82) is 0 Å². The van der Waals surface area contributed by atoms with Gasteiger partial charge in [0, 0.05) is 23.3 Å². The molecule has 1 aromatic carbocycles. The normalized spacial score (nSPS) is 26.6. The van der Waals surface area contributed by atoms with Crippen LogP contribution in [0.25, 0.3) is 22.2 Å². The van der Waals surface area contributed by atoms with Crippen LogP contribution in [-0.4, -0.2) is 62.7 Å². The average Bonchev–Trinajstić information content (AvgIpc) is 2.74. The second kappa shape index (κ2) is 8.13. The van der Waals surface area contributed by atoms with E-state index in [4.69, 9.17) is 9.15 Å². The molecule has 1 aliphatic heterocycles. The maximum Gasteiger partial charge on any atom is 0.346 e. The predicted molar refractivity (Wildman–Crippen MR) is 108 cm³/mol. The molecule has 0 spiro atoms. The molecule has 0 bridgehead atoms. The summed E-state index contributed by atoms with van der Waals surface area (Å²) in [4.78, 5) is 16.8. The van der Waals surface area contributed by atoms with Crippen LogP contribution in [0, 0.1) is 6.92 Å². The number of nitrogens with one attached hydrogen (secondary N) is 1. The topological polar surface area (TPSA) is 145 Å². The summed E-state index contributed by atoms with van der Waals surface area (Å²) in [6, 6.07) is 9.24. The van der Waals surface area contributed by atoms with Crippen molar-refractivity contribution >= 4 is 16.7 Å². The van der Waals surface area contributed by atoms with Crippen molar-refractivity contribution in [3.8, 4) is 11.3 Å². The second-order valence-electron chi connectivity index (χ2n) is 7.21. The van der Waals surface area contributed by atoms with E-state index in [0.717, 1.165) is 0 Å². The third kappa shape index (κ3) is 3.57. The molecule has 0 saturated carbocycles. The number of aromatic nitrogens is 1. The van der Waals surface area contributed by atoms with Crippen LogP contribution < -0.4 is 10.9 Å². The molecule has 0 aliphatic carbocycles. The molecule has 1 saturated heterocycles. The molecular weight excluding hydrogens is 392 g/mol. The van der Waals surface area contributed by atoms with Gasteiger partial charge in [-0.1, -0.05) is 6.07 Å². The summed E-state index contributed by atoms with van der Waals surface area (Å²) < 4.78 is 10.6. The Morgan fingerprint density at radius 1 is 1.13 bits per heavy atom. The van der Waals surface area contributed by atoms with Crippen molar-refractivity contribution in [2.24, 2.45) is 0 Å². The van der Waals surface area contributed by atoms with Gasteiger partial charge in [0.1, 0.15) is 29.9 Å². The maximum absolute atomic E-state index is 12.6. The number of anilines is 1. The third-order valence-corrected chi connectivity index (χ3v) is 5.32. The fraction of sp³-hybridized carbons (Fsp3) is 0.333. The lowest BCUT2D eigenvalue weighted by Crippen LogP contribution is -2.61. The Labute approximate surface area is 171 Å². The van der Waals surface area contributed by atoms with E-state index >= 15 is 0 Å². The van der Waals surface area contributed by atoms with Crippen molar-refractivity contribution in [2.75, 3.05) is 11.9 Å². The average molecular weight is 414 g/mol. The van der Waals surface area contributed by atoms with E-state index in [0.29, 0.717) is 33.5 Å². The number of rotatable bonds is 4. The molecular formula is C21H22N2O7. The van der Waals surface area contributed by atoms with Gasteiger partial charge in [-0.3, -0.25) is 4.98 Å². The summed E-state index contributed by atoms with van der Waals surface area (Å²) in [7, 11) is 0. The summed E-state index contributed by atoms with van der Waals surface area (Å²) in [5.41, 5.74) is 1.85. The molecule has 9 nitrogen and oxygen atoms in total. The van der Waals surface area contributed by atoms with Crippen molar-refractivity contribution < 1.29 is 29.6 Å². The lowest BCUT2D eigenvalue weighted by molar-refractivity contribution is -0.245. The van der Waals surface area contributed by atoms with Crippen LogP contribution in [0.2, 0.25) is 0 Å². The highest BCUT2D eigenvalue weighted by atomic mass is 16.6. The summed E-state index contributed by atoms with van der Waals surface area (Å²) in [5, 5.41) is 43.2. The zero-order valence-corrected chi connectivity index (χ0v) is 16.1. The van der Waals surface area contributed by atoms with E-state index in [9.17, 15) is 25.2 Å². The summed E-state index contributed by atoms with van der Waals surface area (Å²) in [5.74, 6) is 0. The molecule has 30 heavy (non-hydrogen) atoms. The van der Waals surface area contributed by atoms with Gasteiger partial charge in [0.25, 0.3) is 0 Å². The van der Waals surface area contributed by atoms with Crippen molar-refractivity contribution in [1.82, 2.24) is 4.98 Å². The minimum Gasteiger partial charge on any atom is -0.422 e. The number of pyridine rings is 1. The number of hydrogen-bond donors (Lipinski definition) is 5. The minimum absolute atomic E-state index is 0.316. The van der Waals surface area contributed by atoms with Gasteiger partial charge in [0.15, 0.2) is 6.29 Å². The van der Waals surface area contributed by atoms with E-state index in [2.05, 4.69) is 10.3 Å². The van der Waals surface area contributed by atoms with Crippen LogP contribution in [0.15, 0.2) is 51.8 Å². The molecule has 1 fully saturated rings. The fourth-order valence-corrected chi connectivity index (χ4v) is 3.70. The largest absolute Gasteiger partial charge is 0.422 e. The van der Waals surface area contributed by atoms with Gasteiger partial charge < -0.3 is 34.9 Å². The van der Waals surface area contributed by atoms with Crippen LogP contribution in [0.5, 0.6) is 0 Å². The standard InChI is InChI=1S/C21H22N2O7/c1-10-12-6-5-11(23-17-19(26)18(25)15(9-24)30-21(17)28)8-14(12)29-20(27)16(10)13-4-2-3-7-22-13/h2-8,15,17-19,21,23-26,28H,9H2,1H3/t15?,17?,18-,19-,21-/m1/s1. The highest BCUT2D eigenvalue weighted by molar-refractivity contribution is 5.88.